The Hall–Kier alpha value is -0.160. The van der Waals surface area contributed by atoms with Crippen LogP contribution in [-0.2, 0) is 6.54 Å². The van der Waals surface area contributed by atoms with Crippen LogP contribution in [0.4, 0.5) is 0 Å². The number of nitrogens with one attached hydrogen (secondary N) is 1. The van der Waals surface area contributed by atoms with E-state index in [1.807, 2.05) is 0 Å². The minimum absolute atomic E-state index is 0.787. The zero-order valence-electron chi connectivity index (χ0n) is 10.3. The van der Waals surface area contributed by atoms with Crippen LogP contribution in [0.5, 0.6) is 0 Å². The van der Waals surface area contributed by atoms with Gasteiger partial charge in [-0.25, -0.2) is 4.98 Å². The molecule has 0 bridgehead atoms. The lowest BCUT2D eigenvalue weighted by Gasteiger charge is -2.28. The predicted molar refractivity (Wildman–Crippen MR) is 73.7 cm³/mol. The Kier molecular flexibility index (Phi) is 5.22. The molecule has 2 heterocycles. The van der Waals surface area contributed by atoms with Gasteiger partial charge in [0.1, 0.15) is 9.34 Å². The zero-order chi connectivity index (χ0) is 12.1. The first kappa shape index (κ1) is 13.3. The molecule has 17 heavy (non-hydrogen) atoms. The number of piperidine rings is 1. The molecule has 0 amide bonds. The van der Waals surface area contributed by atoms with Gasteiger partial charge in [-0.2, -0.15) is 0 Å². The van der Waals surface area contributed by atoms with Crippen molar-refractivity contribution in [2.45, 2.75) is 26.3 Å². The molecule has 1 aromatic rings. The van der Waals surface area contributed by atoms with Crippen molar-refractivity contribution in [2.75, 3.05) is 26.2 Å². The second kappa shape index (κ2) is 6.69. The van der Waals surface area contributed by atoms with E-state index in [4.69, 9.17) is 11.6 Å². The van der Waals surface area contributed by atoms with Crippen LogP contribution in [-0.4, -0.2) is 36.1 Å². The highest BCUT2D eigenvalue weighted by atomic mass is 35.5. The molecule has 1 aliphatic rings. The molecule has 1 N–H and O–H groups in total. The van der Waals surface area contributed by atoms with Crippen LogP contribution in [0, 0.1) is 5.92 Å². The average molecular weight is 274 g/mol. The quantitative estimate of drug-likeness (QED) is 0.894. The van der Waals surface area contributed by atoms with Crippen molar-refractivity contribution in [3.63, 3.8) is 0 Å². The third-order valence-corrected chi connectivity index (χ3v) is 4.35. The standard InChI is InChI=1S/C12H20ClN3S/c1-2-16(8-10-4-3-5-14-6-10)9-12-15-7-11(13)17-12/h7,10,14H,2-6,8-9H2,1H3. The summed E-state index contributed by atoms with van der Waals surface area (Å²) in [5.41, 5.74) is 0. The lowest BCUT2D eigenvalue weighted by molar-refractivity contribution is 0.209. The SMILES string of the molecule is CCN(Cc1ncc(Cl)s1)CC1CCCNC1. The van der Waals surface area contributed by atoms with Crippen molar-refractivity contribution in [2.24, 2.45) is 5.92 Å². The molecule has 5 heteroatoms. The number of aromatic nitrogens is 1. The molecular weight excluding hydrogens is 254 g/mol. The van der Waals surface area contributed by atoms with Crippen LogP contribution in [0.1, 0.15) is 24.8 Å². The summed E-state index contributed by atoms with van der Waals surface area (Å²) in [5.74, 6) is 0.791. The molecule has 0 spiro atoms. The van der Waals surface area contributed by atoms with Crippen LogP contribution in [0.2, 0.25) is 4.34 Å². The van der Waals surface area contributed by atoms with E-state index in [9.17, 15) is 0 Å². The van der Waals surface area contributed by atoms with Gasteiger partial charge < -0.3 is 5.32 Å². The maximum atomic E-state index is 5.91. The van der Waals surface area contributed by atoms with Gasteiger partial charge in [0, 0.05) is 6.54 Å². The van der Waals surface area contributed by atoms with Crippen LogP contribution in [0.25, 0.3) is 0 Å². The predicted octanol–water partition coefficient (Wildman–Crippen LogP) is 2.62. The molecule has 1 aliphatic heterocycles. The van der Waals surface area contributed by atoms with Gasteiger partial charge >= 0.3 is 0 Å². The highest BCUT2D eigenvalue weighted by Gasteiger charge is 2.17. The second-order valence-corrected chi connectivity index (χ2v) is 6.34. The molecule has 2 rings (SSSR count). The van der Waals surface area contributed by atoms with Gasteiger partial charge in [0.2, 0.25) is 0 Å². The summed E-state index contributed by atoms with van der Waals surface area (Å²) in [4.78, 5) is 6.79. The summed E-state index contributed by atoms with van der Waals surface area (Å²) in [5, 5.41) is 4.60. The summed E-state index contributed by atoms with van der Waals surface area (Å²) >= 11 is 7.50. The van der Waals surface area contributed by atoms with Crippen LogP contribution in [0.3, 0.4) is 0 Å². The van der Waals surface area contributed by atoms with Crippen LogP contribution < -0.4 is 5.32 Å². The van der Waals surface area contributed by atoms with E-state index in [0.29, 0.717) is 0 Å². The maximum absolute atomic E-state index is 5.91. The number of thiazole rings is 1. The largest absolute Gasteiger partial charge is 0.316 e. The number of rotatable bonds is 5. The highest BCUT2D eigenvalue weighted by Crippen LogP contribution is 2.20. The first-order valence-corrected chi connectivity index (χ1v) is 7.50. The van der Waals surface area contributed by atoms with Gasteiger partial charge in [-0.3, -0.25) is 4.90 Å². The van der Waals surface area contributed by atoms with E-state index in [2.05, 4.69) is 22.1 Å². The van der Waals surface area contributed by atoms with Crippen molar-refractivity contribution in [3.8, 4) is 0 Å². The van der Waals surface area contributed by atoms with E-state index in [1.165, 1.54) is 25.9 Å². The topological polar surface area (TPSA) is 28.2 Å². The van der Waals surface area contributed by atoms with E-state index in [0.717, 1.165) is 34.9 Å². The van der Waals surface area contributed by atoms with Crippen LogP contribution >= 0.6 is 22.9 Å². The number of halogens is 1. The Morgan fingerprint density at radius 2 is 2.53 bits per heavy atom. The molecule has 96 valence electrons. The first-order valence-electron chi connectivity index (χ1n) is 6.31. The van der Waals surface area contributed by atoms with Crippen molar-refractivity contribution in [1.82, 2.24) is 15.2 Å². The highest BCUT2D eigenvalue weighted by molar-refractivity contribution is 7.15. The van der Waals surface area contributed by atoms with Crippen LogP contribution in [0.15, 0.2) is 6.20 Å². The minimum atomic E-state index is 0.787. The van der Waals surface area contributed by atoms with Crippen molar-refractivity contribution < 1.29 is 0 Å². The molecule has 0 aromatic carbocycles. The summed E-state index contributed by atoms with van der Waals surface area (Å²) in [6.07, 6.45) is 4.41. The van der Waals surface area contributed by atoms with E-state index >= 15 is 0 Å². The molecule has 1 atom stereocenters. The molecule has 1 fully saturated rings. The minimum Gasteiger partial charge on any atom is -0.316 e. The summed E-state index contributed by atoms with van der Waals surface area (Å²) in [7, 11) is 0. The number of hydrogen-bond acceptors (Lipinski definition) is 4. The average Bonchev–Trinajstić information content (AvgIpc) is 2.75. The third-order valence-electron chi connectivity index (χ3n) is 3.25. The van der Waals surface area contributed by atoms with E-state index in [-0.39, 0.29) is 0 Å². The molecule has 3 nitrogen and oxygen atoms in total. The Bertz CT molecular complexity index is 336. The molecule has 0 radical (unpaired) electrons. The van der Waals surface area contributed by atoms with E-state index in [1.54, 1.807) is 17.5 Å². The van der Waals surface area contributed by atoms with Gasteiger partial charge in [0.25, 0.3) is 0 Å². The fraction of sp³-hybridized carbons (Fsp3) is 0.750. The molecule has 0 saturated carbocycles. The maximum Gasteiger partial charge on any atom is 0.113 e. The Morgan fingerprint density at radius 3 is 3.12 bits per heavy atom. The number of nitrogens with zero attached hydrogens (tertiary/aromatic N) is 2. The zero-order valence-corrected chi connectivity index (χ0v) is 11.9. The lowest BCUT2D eigenvalue weighted by atomic mass is 9.99. The fourth-order valence-electron chi connectivity index (χ4n) is 2.30. The third kappa shape index (κ3) is 4.21. The second-order valence-electron chi connectivity index (χ2n) is 4.60. The monoisotopic (exact) mass is 273 g/mol. The van der Waals surface area contributed by atoms with E-state index < -0.39 is 0 Å². The van der Waals surface area contributed by atoms with Crippen molar-refractivity contribution in [1.29, 1.82) is 0 Å². The smallest absolute Gasteiger partial charge is 0.113 e. The van der Waals surface area contributed by atoms with Gasteiger partial charge in [0.15, 0.2) is 0 Å². The van der Waals surface area contributed by atoms with Gasteiger partial charge in [-0.15, -0.1) is 11.3 Å². The Balaban J connectivity index is 1.83. The summed E-state index contributed by atoms with van der Waals surface area (Å²) in [6, 6.07) is 0. The molecular formula is C12H20ClN3S. The lowest BCUT2D eigenvalue weighted by Crippen LogP contribution is -2.38. The Morgan fingerprint density at radius 1 is 1.65 bits per heavy atom. The summed E-state index contributed by atoms with van der Waals surface area (Å²) in [6.45, 7) is 7.74. The molecule has 1 saturated heterocycles. The van der Waals surface area contributed by atoms with Crippen molar-refractivity contribution in [3.05, 3.63) is 15.5 Å². The molecule has 1 aromatic heterocycles. The van der Waals surface area contributed by atoms with Gasteiger partial charge in [0.05, 0.1) is 12.7 Å². The van der Waals surface area contributed by atoms with Crippen molar-refractivity contribution >= 4 is 22.9 Å². The fourth-order valence-corrected chi connectivity index (χ4v) is 3.30. The normalized spacial score (nSPS) is 21.0. The first-order chi connectivity index (χ1) is 8.28. The van der Waals surface area contributed by atoms with Gasteiger partial charge in [-0.05, 0) is 38.4 Å². The van der Waals surface area contributed by atoms with Gasteiger partial charge in [-0.1, -0.05) is 18.5 Å². The summed E-state index contributed by atoms with van der Waals surface area (Å²) < 4.78 is 0.787. The Labute approximate surface area is 112 Å². The number of hydrogen-bond donors (Lipinski definition) is 1. The molecule has 1 unspecified atom stereocenters. The molecule has 0 aliphatic carbocycles.